The largest absolute Gasteiger partial charge is 0.377 e. The van der Waals surface area contributed by atoms with Crippen molar-refractivity contribution in [1.82, 2.24) is 10.2 Å². The summed E-state index contributed by atoms with van der Waals surface area (Å²) in [4.78, 5) is 2.57. The molecule has 2 rings (SSSR count). The zero-order chi connectivity index (χ0) is 13.3. The molecule has 1 saturated heterocycles. The van der Waals surface area contributed by atoms with Crippen LogP contribution in [0.3, 0.4) is 0 Å². The third kappa shape index (κ3) is 5.80. The minimum Gasteiger partial charge on any atom is -0.377 e. The van der Waals surface area contributed by atoms with Gasteiger partial charge in [-0.25, -0.2) is 0 Å². The molecule has 1 N–H and O–H groups in total. The standard InChI is InChI=1S/C16H32N2O/c1-2-12-19-16-8-5-10-18(14-16)11-9-17-13-15-6-3-4-7-15/h15-17H,2-14H2,1H3. The quantitative estimate of drug-likeness (QED) is 0.685. The molecule has 3 nitrogen and oxygen atoms in total. The molecule has 1 atom stereocenters. The first kappa shape index (κ1) is 15.3. The summed E-state index contributed by atoms with van der Waals surface area (Å²) in [6, 6.07) is 0. The monoisotopic (exact) mass is 268 g/mol. The van der Waals surface area contributed by atoms with E-state index in [0.717, 1.165) is 32.0 Å². The molecule has 0 bridgehead atoms. The fraction of sp³-hybridized carbons (Fsp3) is 1.00. The van der Waals surface area contributed by atoms with Crippen molar-refractivity contribution >= 4 is 0 Å². The van der Waals surface area contributed by atoms with Gasteiger partial charge in [0.1, 0.15) is 0 Å². The zero-order valence-electron chi connectivity index (χ0n) is 12.7. The Balaban J connectivity index is 1.52. The van der Waals surface area contributed by atoms with Crippen molar-refractivity contribution in [1.29, 1.82) is 0 Å². The molecule has 0 aromatic heterocycles. The van der Waals surface area contributed by atoms with Gasteiger partial charge in [0.2, 0.25) is 0 Å². The molecule has 1 unspecified atom stereocenters. The molecule has 3 heteroatoms. The number of hydrogen-bond acceptors (Lipinski definition) is 3. The van der Waals surface area contributed by atoms with E-state index in [2.05, 4.69) is 17.1 Å². The number of likely N-dealkylation sites (tertiary alicyclic amines) is 1. The third-order valence-corrected chi connectivity index (χ3v) is 4.53. The third-order valence-electron chi connectivity index (χ3n) is 4.53. The number of nitrogens with one attached hydrogen (secondary N) is 1. The molecule has 1 aliphatic carbocycles. The second-order valence-electron chi connectivity index (χ2n) is 6.29. The van der Waals surface area contributed by atoms with Crippen LogP contribution in [0.1, 0.15) is 51.9 Å². The van der Waals surface area contributed by atoms with Crippen LogP contribution in [-0.4, -0.2) is 50.3 Å². The molecule has 112 valence electrons. The summed E-state index contributed by atoms with van der Waals surface area (Å²) in [6.07, 6.45) is 9.99. The van der Waals surface area contributed by atoms with E-state index in [9.17, 15) is 0 Å². The minimum atomic E-state index is 0.489. The first-order valence-corrected chi connectivity index (χ1v) is 8.43. The van der Waals surface area contributed by atoms with E-state index in [-0.39, 0.29) is 0 Å². The van der Waals surface area contributed by atoms with Crippen molar-refractivity contribution in [2.45, 2.75) is 58.0 Å². The van der Waals surface area contributed by atoms with Crippen molar-refractivity contribution in [3.8, 4) is 0 Å². The molecule has 0 aromatic carbocycles. The first-order valence-electron chi connectivity index (χ1n) is 8.43. The van der Waals surface area contributed by atoms with Gasteiger partial charge in [-0.1, -0.05) is 19.8 Å². The fourth-order valence-electron chi connectivity index (χ4n) is 3.39. The topological polar surface area (TPSA) is 24.5 Å². The van der Waals surface area contributed by atoms with Crippen LogP contribution < -0.4 is 5.32 Å². The van der Waals surface area contributed by atoms with Crippen molar-refractivity contribution in [3.05, 3.63) is 0 Å². The Labute approximate surface area is 119 Å². The van der Waals surface area contributed by atoms with Gasteiger partial charge in [0, 0.05) is 26.2 Å². The summed E-state index contributed by atoms with van der Waals surface area (Å²) >= 11 is 0. The van der Waals surface area contributed by atoms with Crippen LogP contribution in [0.5, 0.6) is 0 Å². The lowest BCUT2D eigenvalue weighted by molar-refractivity contribution is 0.000334. The summed E-state index contributed by atoms with van der Waals surface area (Å²) in [5.41, 5.74) is 0. The maximum atomic E-state index is 5.89. The molecule has 1 heterocycles. The van der Waals surface area contributed by atoms with E-state index < -0.39 is 0 Å². The lowest BCUT2D eigenvalue weighted by Gasteiger charge is -2.32. The van der Waals surface area contributed by atoms with E-state index in [1.807, 2.05) is 0 Å². The van der Waals surface area contributed by atoms with Crippen molar-refractivity contribution in [2.75, 3.05) is 39.3 Å². The molecular formula is C16H32N2O. The number of ether oxygens (including phenoxy) is 1. The normalized spacial score (nSPS) is 26.1. The van der Waals surface area contributed by atoms with Gasteiger partial charge in [0.05, 0.1) is 6.10 Å². The molecule has 0 amide bonds. The second-order valence-corrected chi connectivity index (χ2v) is 6.29. The predicted molar refractivity (Wildman–Crippen MR) is 80.5 cm³/mol. The highest BCUT2D eigenvalue weighted by Crippen LogP contribution is 2.23. The number of hydrogen-bond donors (Lipinski definition) is 1. The number of rotatable bonds is 8. The van der Waals surface area contributed by atoms with Gasteiger partial charge in [-0.2, -0.15) is 0 Å². The van der Waals surface area contributed by atoms with E-state index in [1.54, 1.807) is 0 Å². The number of piperidine rings is 1. The van der Waals surface area contributed by atoms with Crippen molar-refractivity contribution in [3.63, 3.8) is 0 Å². The molecule has 0 spiro atoms. The Morgan fingerprint density at radius 2 is 2.00 bits per heavy atom. The molecule has 2 aliphatic rings. The van der Waals surface area contributed by atoms with Crippen LogP contribution in [0.4, 0.5) is 0 Å². The highest BCUT2D eigenvalue weighted by molar-refractivity contribution is 4.75. The molecule has 0 aromatic rings. The van der Waals surface area contributed by atoms with Crippen molar-refractivity contribution in [2.24, 2.45) is 5.92 Å². The van der Waals surface area contributed by atoms with E-state index in [1.165, 1.54) is 58.2 Å². The summed E-state index contributed by atoms with van der Waals surface area (Å²) < 4.78 is 5.89. The van der Waals surface area contributed by atoms with Gasteiger partial charge < -0.3 is 10.1 Å². The first-order chi connectivity index (χ1) is 9.38. The summed E-state index contributed by atoms with van der Waals surface area (Å²) in [7, 11) is 0. The van der Waals surface area contributed by atoms with Crippen LogP contribution >= 0.6 is 0 Å². The van der Waals surface area contributed by atoms with Crippen LogP contribution in [0.2, 0.25) is 0 Å². The van der Waals surface area contributed by atoms with Gasteiger partial charge >= 0.3 is 0 Å². The summed E-state index contributed by atoms with van der Waals surface area (Å²) in [5, 5.41) is 3.65. The molecule has 1 saturated carbocycles. The van der Waals surface area contributed by atoms with Crippen molar-refractivity contribution < 1.29 is 4.74 Å². The maximum absolute atomic E-state index is 5.89. The van der Waals surface area contributed by atoms with Crippen LogP contribution in [-0.2, 0) is 4.74 Å². The highest BCUT2D eigenvalue weighted by Gasteiger charge is 2.20. The SMILES string of the molecule is CCCOC1CCCN(CCNCC2CCCC2)C1. The van der Waals surface area contributed by atoms with E-state index >= 15 is 0 Å². The van der Waals surface area contributed by atoms with Crippen LogP contribution in [0, 0.1) is 5.92 Å². The van der Waals surface area contributed by atoms with Gasteiger partial charge in [-0.15, -0.1) is 0 Å². The van der Waals surface area contributed by atoms with Gasteiger partial charge in [-0.3, -0.25) is 4.90 Å². The van der Waals surface area contributed by atoms with E-state index in [4.69, 9.17) is 4.74 Å². The Bertz CT molecular complexity index is 229. The summed E-state index contributed by atoms with van der Waals surface area (Å²) in [5.74, 6) is 0.960. The van der Waals surface area contributed by atoms with Gasteiger partial charge in [0.15, 0.2) is 0 Å². The van der Waals surface area contributed by atoms with Crippen LogP contribution in [0.25, 0.3) is 0 Å². The Morgan fingerprint density at radius 1 is 1.16 bits per heavy atom. The molecule has 19 heavy (non-hydrogen) atoms. The average molecular weight is 268 g/mol. The average Bonchev–Trinajstić information content (AvgIpc) is 2.95. The van der Waals surface area contributed by atoms with Gasteiger partial charge in [-0.05, 0) is 51.1 Å². The predicted octanol–water partition coefficient (Wildman–Crippen LogP) is 2.66. The maximum Gasteiger partial charge on any atom is 0.0702 e. The van der Waals surface area contributed by atoms with E-state index in [0.29, 0.717) is 6.10 Å². The molecular weight excluding hydrogens is 236 g/mol. The number of nitrogens with zero attached hydrogens (tertiary/aromatic N) is 1. The second kappa shape index (κ2) is 8.93. The summed E-state index contributed by atoms with van der Waals surface area (Å²) in [6.45, 7) is 9.10. The Hall–Kier alpha value is -0.120. The molecule has 1 aliphatic heterocycles. The zero-order valence-corrected chi connectivity index (χ0v) is 12.7. The molecule has 0 radical (unpaired) electrons. The lowest BCUT2D eigenvalue weighted by Crippen LogP contribution is -2.43. The van der Waals surface area contributed by atoms with Gasteiger partial charge in [0.25, 0.3) is 0 Å². The Morgan fingerprint density at radius 3 is 2.79 bits per heavy atom. The highest BCUT2D eigenvalue weighted by atomic mass is 16.5. The van der Waals surface area contributed by atoms with Crippen LogP contribution in [0.15, 0.2) is 0 Å². The fourth-order valence-corrected chi connectivity index (χ4v) is 3.39. The Kier molecular flexibility index (Phi) is 7.18. The minimum absolute atomic E-state index is 0.489. The smallest absolute Gasteiger partial charge is 0.0702 e. The molecule has 2 fully saturated rings. The lowest BCUT2D eigenvalue weighted by atomic mass is 10.1.